The normalized spacial score (nSPS) is 11.8. The van der Waals surface area contributed by atoms with Gasteiger partial charge in [0.1, 0.15) is 18.1 Å². The van der Waals surface area contributed by atoms with Crippen LogP contribution in [-0.2, 0) is 24.5 Å². The molecule has 0 bridgehead atoms. The van der Waals surface area contributed by atoms with Crippen LogP contribution in [0.1, 0.15) is 37.9 Å². The van der Waals surface area contributed by atoms with Crippen LogP contribution >= 0.6 is 0 Å². The molecule has 2 aromatic rings. The minimum absolute atomic E-state index is 0.0940. The summed E-state index contributed by atoms with van der Waals surface area (Å²) < 4.78 is 11.4. The largest absolute Gasteiger partial charge is 0.462 e. The maximum Gasteiger partial charge on any atom is 0.129 e. The van der Waals surface area contributed by atoms with Crippen LogP contribution in [0.25, 0.3) is 0 Å². The topological polar surface area (TPSA) is 34.4 Å². The molecule has 0 atom stereocenters. The van der Waals surface area contributed by atoms with Crippen molar-refractivity contribution < 1.29 is 9.15 Å². The number of hydrogen-bond acceptors (Lipinski definition) is 3. The number of rotatable bonds is 6. The first-order chi connectivity index (χ1) is 9.53. The van der Waals surface area contributed by atoms with Gasteiger partial charge in [0.05, 0.1) is 13.2 Å². The Bertz CT molecular complexity index is 511. The van der Waals surface area contributed by atoms with E-state index in [9.17, 15) is 0 Å². The third-order valence-corrected chi connectivity index (χ3v) is 2.87. The minimum Gasteiger partial charge on any atom is -0.462 e. The molecule has 0 radical (unpaired) electrons. The number of nitrogens with one attached hydrogen (secondary N) is 1. The molecule has 0 spiro atoms. The third-order valence-electron chi connectivity index (χ3n) is 2.87. The zero-order valence-electron chi connectivity index (χ0n) is 12.5. The molecular weight excluding hydrogens is 250 g/mol. The minimum atomic E-state index is 0.0940. The number of ether oxygens (including phenoxy) is 1. The van der Waals surface area contributed by atoms with Crippen molar-refractivity contribution in [1.29, 1.82) is 0 Å². The molecule has 0 aliphatic heterocycles. The summed E-state index contributed by atoms with van der Waals surface area (Å²) >= 11 is 0. The molecule has 2 rings (SSSR count). The second-order valence-electron chi connectivity index (χ2n) is 5.95. The van der Waals surface area contributed by atoms with Gasteiger partial charge in [0, 0.05) is 5.54 Å². The smallest absolute Gasteiger partial charge is 0.129 e. The molecule has 1 aromatic heterocycles. The highest BCUT2D eigenvalue weighted by molar-refractivity contribution is 5.13. The monoisotopic (exact) mass is 273 g/mol. The van der Waals surface area contributed by atoms with Crippen LogP contribution in [0.3, 0.4) is 0 Å². The van der Waals surface area contributed by atoms with Gasteiger partial charge >= 0.3 is 0 Å². The Morgan fingerprint density at radius 2 is 1.65 bits per heavy atom. The van der Waals surface area contributed by atoms with Crippen molar-refractivity contribution in [2.45, 2.75) is 46.1 Å². The van der Waals surface area contributed by atoms with E-state index in [0.717, 1.165) is 18.1 Å². The fourth-order valence-corrected chi connectivity index (χ4v) is 1.79. The average molecular weight is 273 g/mol. The van der Waals surface area contributed by atoms with Gasteiger partial charge in [-0.2, -0.15) is 0 Å². The fourth-order valence-electron chi connectivity index (χ4n) is 1.79. The molecule has 1 N–H and O–H groups in total. The van der Waals surface area contributed by atoms with Crippen LogP contribution in [0.4, 0.5) is 0 Å². The van der Waals surface area contributed by atoms with E-state index in [2.05, 4.69) is 38.2 Å². The Kier molecular flexibility index (Phi) is 4.99. The molecule has 1 aromatic carbocycles. The Labute approximate surface area is 121 Å². The summed E-state index contributed by atoms with van der Waals surface area (Å²) in [5.74, 6) is 1.81. The van der Waals surface area contributed by atoms with Gasteiger partial charge in [0.2, 0.25) is 0 Å². The summed E-state index contributed by atoms with van der Waals surface area (Å²) in [6.07, 6.45) is 0. The van der Waals surface area contributed by atoms with Crippen LogP contribution < -0.4 is 5.32 Å². The van der Waals surface area contributed by atoms with Crippen LogP contribution in [-0.4, -0.2) is 5.54 Å². The van der Waals surface area contributed by atoms with Crippen molar-refractivity contribution in [3.8, 4) is 0 Å². The summed E-state index contributed by atoms with van der Waals surface area (Å²) in [6.45, 7) is 8.27. The summed E-state index contributed by atoms with van der Waals surface area (Å²) in [5.41, 5.74) is 1.27. The van der Waals surface area contributed by atoms with Crippen molar-refractivity contribution in [3.05, 3.63) is 59.5 Å². The molecule has 108 valence electrons. The maximum atomic E-state index is 5.73. The molecule has 0 aliphatic rings. The quantitative estimate of drug-likeness (QED) is 0.867. The highest BCUT2D eigenvalue weighted by atomic mass is 16.5. The lowest BCUT2D eigenvalue weighted by atomic mass is 10.1. The van der Waals surface area contributed by atoms with Gasteiger partial charge in [-0.3, -0.25) is 0 Å². The predicted octanol–water partition coefficient (Wildman–Crippen LogP) is 3.88. The van der Waals surface area contributed by atoms with Gasteiger partial charge in [-0.1, -0.05) is 30.3 Å². The highest BCUT2D eigenvalue weighted by Gasteiger charge is 2.10. The first-order valence-electron chi connectivity index (χ1n) is 6.97. The van der Waals surface area contributed by atoms with Crippen LogP contribution in [0.15, 0.2) is 46.9 Å². The molecule has 3 nitrogen and oxygen atoms in total. The molecule has 3 heteroatoms. The van der Waals surface area contributed by atoms with E-state index in [-0.39, 0.29) is 5.54 Å². The Balaban J connectivity index is 1.75. The Hall–Kier alpha value is -1.58. The fraction of sp³-hybridized carbons (Fsp3) is 0.412. The summed E-state index contributed by atoms with van der Waals surface area (Å²) in [4.78, 5) is 0. The van der Waals surface area contributed by atoms with Crippen molar-refractivity contribution in [2.24, 2.45) is 0 Å². The summed E-state index contributed by atoms with van der Waals surface area (Å²) in [6, 6.07) is 14.1. The molecule has 0 amide bonds. The zero-order chi connectivity index (χ0) is 14.4. The second-order valence-corrected chi connectivity index (χ2v) is 5.95. The zero-order valence-corrected chi connectivity index (χ0v) is 12.5. The second kappa shape index (κ2) is 6.73. The molecule has 0 saturated carbocycles. The first kappa shape index (κ1) is 14.8. The van der Waals surface area contributed by atoms with Gasteiger partial charge in [0.15, 0.2) is 0 Å². The average Bonchev–Trinajstić information content (AvgIpc) is 2.85. The maximum absolute atomic E-state index is 5.73. The van der Waals surface area contributed by atoms with Crippen LogP contribution in [0, 0.1) is 0 Å². The SMILES string of the molecule is CC(C)(C)NCc1ccc(COCc2ccccc2)o1. The lowest BCUT2D eigenvalue weighted by Gasteiger charge is -2.19. The lowest BCUT2D eigenvalue weighted by Crippen LogP contribution is -2.34. The number of furan rings is 1. The highest BCUT2D eigenvalue weighted by Crippen LogP contribution is 2.12. The van der Waals surface area contributed by atoms with E-state index in [1.54, 1.807) is 0 Å². The van der Waals surface area contributed by atoms with E-state index >= 15 is 0 Å². The molecule has 0 fully saturated rings. The summed E-state index contributed by atoms with van der Waals surface area (Å²) in [5, 5.41) is 3.40. The molecule has 0 saturated heterocycles. The van der Waals surface area contributed by atoms with E-state index in [0.29, 0.717) is 13.2 Å². The van der Waals surface area contributed by atoms with E-state index < -0.39 is 0 Å². The van der Waals surface area contributed by atoms with Crippen molar-refractivity contribution in [1.82, 2.24) is 5.32 Å². The van der Waals surface area contributed by atoms with Gasteiger partial charge in [-0.05, 0) is 38.5 Å². The molecule has 0 aliphatic carbocycles. The summed E-state index contributed by atoms with van der Waals surface area (Å²) in [7, 11) is 0. The van der Waals surface area contributed by atoms with Crippen molar-refractivity contribution in [3.63, 3.8) is 0 Å². The molecular formula is C17H23NO2. The lowest BCUT2D eigenvalue weighted by molar-refractivity contribution is 0.0919. The van der Waals surface area contributed by atoms with Crippen LogP contribution in [0.5, 0.6) is 0 Å². The van der Waals surface area contributed by atoms with E-state index in [1.165, 1.54) is 5.56 Å². The van der Waals surface area contributed by atoms with Crippen molar-refractivity contribution in [2.75, 3.05) is 0 Å². The Morgan fingerprint density at radius 1 is 0.950 bits per heavy atom. The van der Waals surface area contributed by atoms with Crippen molar-refractivity contribution >= 4 is 0 Å². The van der Waals surface area contributed by atoms with Crippen LogP contribution in [0.2, 0.25) is 0 Å². The number of benzene rings is 1. The standard InChI is InChI=1S/C17H23NO2/c1-17(2,3)18-11-15-9-10-16(20-15)13-19-12-14-7-5-4-6-8-14/h4-10,18H,11-13H2,1-3H3. The predicted molar refractivity (Wildman–Crippen MR) is 80.2 cm³/mol. The third kappa shape index (κ3) is 5.19. The van der Waals surface area contributed by atoms with Gasteiger partial charge in [-0.25, -0.2) is 0 Å². The van der Waals surface area contributed by atoms with Gasteiger partial charge < -0.3 is 14.5 Å². The Morgan fingerprint density at radius 3 is 2.35 bits per heavy atom. The van der Waals surface area contributed by atoms with Gasteiger partial charge in [0.25, 0.3) is 0 Å². The molecule has 1 heterocycles. The number of hydrogen-bond donors (Lipinski definition) is 1. The van der Waals surface area contributed by atoms with E-state index in [4.69, 9.17) is 9.15 Å². The van der Waals surface area contributed by atoms with E-state index in [1.807, 2.05) is 30.3 Å². The first-order valence-corrected chi connectivity index (χ1v) is 6.97. The molecule has 20 heavy (non-hydrogen) atoms. The van der Waals surface area contributed by atoms with Gasteiger partial charge in [-0.15, -0.1) is 0 Å². The molecule has 0 unspecified atom stereocenters.